The zero-order chi connectivity index (χ0) is 22.9. The number of anilines is 1. The van der Waals surface area contributed by atoms with Crippen molar-refractivity contribution in [2.45, 2.75) is 31.0 Å². The summed E-state index contributed by atoms with van der Waals surface area (Å²) in [4.78, 5) is 16.3. The molecule has 0 amide bonds. The summed E-state index contributed by atoms with van der Waals surface area (Å²) in [5.74, 6) is 2.11. The van der Waals surface area contributed by atoms with E-state index in [0.717, 1.165) is 7.11 Å². The van der Waals surface area contributed by atoms with Crippen molar-refractivity contribution in [1.82, 2.24) is 24.7 Å². The van der Waals surface area contributed by atoms with Gasteiger partial charge < -0.3 is 24.9 Å². The van der Waals surface area contributed by atoms with Gasteiger partial charge >= 0.3 is 10.3 Å². The van der Waals surface area contributed by atoms with E-state index >= 15 is 0 Å². The van der Waals surface area contributed by atoms with Crippen LogP contribution < -0.4 is 19.5 Å². The van der Waals surface area contributed by atoms with E-state index in [1.807, 2.05) is 12.1 Å². The zero-order valence-electron chi connectivity index (χ0n) is 17.7. The van der Waals surface area contributed by atoms with Crippen LogP contribution in [0.2, 0.25) is 0 Å². The molecule has 0 unspecified atom stereocenters. The molecule has 0 aliphatic heterocycles. The van der Waals surface area contributed by atoms with Crippen LogP contribution in [0.3, 0.4) is 0 Å². The molecule has 3 aromatic rings. The van der Waals surface area contributed by atoms with Crippen LogP contribution in [-0.2, 0) is 14.5 Å². The van der Waals surface area contributed by atoms with Gasteiger partial charge in [0, 0.05) is 6.04 Å². The van der Waals surface area contributed by atoms with Crippen LogP contribution >= 0.6 is 0 Å². The molecule has 172 valence electrons. The van der Waals surface area contributed by atoms with E-state index in [9.17, 15) is 13.5 Å². The van der Waals surface area contributed by atoms with Crippen LogP contribution in [-0.4, -0.2) is 73.0 Å². The largest absolute Gasteiger partial charge is 0.493 e. The summed E-state index contributed by atoms with van der Waals surface area (Å²) < 4.78 is 40.9. The van der Waals surface area contributed by atoms with Gasteiger partial charge in [-0.2, -0.15) is 13.1 Å². The fraction of sp³-hybridized carbons (Fsp3) is 0.421. The molecule has 4 rings (SSSR count). The van der Waals surface area contributed by atoms with Gasteiger partial charge in [0.2, 0.25) is 0 Å². The molecule has 0 radical (unpaired) electrons. The molecule has 2 aromatic heterocycles. The Balaban J connectivity index is 1.60. The number of aromatic nitrogens is 4. The van der Waals surface area contributed by atoms with E-state index in [1.165, 1.54) is 6.33 Å². The van der Waals surface area contributed by atoms with Gasteiger partial charge in [0.25, 0.3) is 0 Å². The van der Waals surface area contributed by atoms with Crippen molar-refractivity contribution >= 4 is 27.3 Å². The van der Waals surface area contributed by atoms with Crippen molar-refractivity contribution in [3.63, 3.8) is 0 Å². The van der Waals surface area contributed by atoms with E-state index in [-0.39, 0.29) is 6.04 Å². The van der Waals surface area contributed by atoms with Gasteiger partial charge in [0.05, 0.1) is 39.0 Å². The quantitative estimate of drug-likeness (QED) is 0.376. The van der Waals surface area contributed by atoms with Crippen molar-refractivity contribution in [2.75, 3.05) is 26.6 Å². The summed E-state index contributed by atoms with van der Waals surface area (Å²) in [6.45, 7) is 0. The molecule has 13 heteroatoms. The van der Waals surface area contributed by atoms with Crippen LogP contribution in [0.4, 0.5) is 5.82 Å². The molecule has 12 nitrogen and oxygen atoms in total. The number of ether oxygens (including phenoxy) is 2. The van der Waals surface area contributed by atoms with Crippen LogP contribution in [0, 0.1) is 0 Å². The Hall–Kier alpha value is -3.00. The maximum absolute atomic E-state index is 11.7. The Labute approximate surface area is 184 Å². The maximum Gasteiger partial charge on any atom is 0.335 e. The van der Waals surface area contributed by atoms with Crippen molar-refractivity contribution in [3.05, 3.63) is 24.5 Å². The summed E-state index contributed by atoms with van der Waals surface area (Å²) in [6.07, 6.45) is 1.19. The second kappa shape index (κ2) is 8.86. The average Bonchev–Trinajstić information content (AvgIpc) is 3.36. The molecule has 1 aliphatic carbocycles. The number of imidazole rings is 1. The number of fused-ring (bicyclic) bond motifs is 1. The molecule has 0 saturated heterocycles. The minimum Gasteiger partial charge on any atom is -0.493 e. The highest BCUT2D eigenvalue weighted by Gasteiger charge is 2.36. The second-order valence-corrected chi connectivity index (χ2v) is 8.75. The lowest BCUT2D eigenvalue weighted by Gasteiger charge is -2.15. The highest BCUT2D eigenvalue weighted by molar-refractivity contribution is 7.84. The first-order valence-electron chi connectivity index (χ1n) is 9.79. The molecule has 1 saturated carbocycles. The van der Waals surface area contributed by atoms with Crippen molar-refractivity contribution in [1.29, 1.82) is 0 Å². The van der Waals surface area contributed by atoms with E-state index < -0.39 is 22.4 Å². The van der Waals surface area contributed by atoms with Gasteiger partial charge in [0.1, 0.15) is 17.7 Å². The predicted octanol–water partition coefficient (Wildman–Crippen LogP) is 0.822. The highest BCUT2D eigenvalue weighted by atomic mass is 32.2. The summed E-state index contributed by atoms with van der Waals surface area (Å²) in [6, 6.07) is 4.56. The first-order valence-corrected chi connectivity index (χ1v) is 11.2. The summed E-state index contributed by atoms with van der Waals surface area (Å²) in [5, 5.41) is 13.5. The number of H-pyrrole nitrogens is 1. The number of para-hydroxylation sites is 1. The number of aliphatic hydroxyl groups excluding tert-OH is 1. The molecule has 3 atom stereocenters. The minimum atomic E-state index is -3.91. The van der Waals surface area contributed by atoms with Gasteiger partial charge in [-0.15, -0.1) is 0 Å². The Bertz CT molecular complexity index is 1220. The molecule has 4 N–H and O–H groups in total. The minimum absolute atomic E-state index is 0.231. The Morgan fingerprint density at radius 2 is 1.97 bits per heavy atom. The lowest BCUT2D eigenvalue weighted by atomic mass is 10.1. The molecule has 1 aromatic carbocycles. The van der Waals surface area contributed by atoms with E-state index in [4.69, 9.17) is 9.47 Å². The van der Waals surface area contributed by atoms with Gasteiger partial charge in [-0.3, -0.25) is 4.18 Å². The molecule has 32 heavy (non-hydrogen) atoms. The number of nitrogens with zero attached hydrogens (tertiary/aromatic N) is 3. The first-order chi connectivity index (χ1) is 15.3. The van der Waals surface area contributed by atoms with Gasteiger partial charge in [0.15, 0.2) is 23.0 Å². The summed E-state index contributed by atoms with van der Waals surface area (Å²) in [5.41, 5.74) is 1.71. The Morgan fingerprint density at radius 1 is 1.16 bits per heavy atom. The summed E-state index contributed by atoms with van der Waals surface area (Å²) >= 11 is 0. The number of nitrogens with one attached hydrogen (secondary N) is 3. The second-order valence-electron chi connectivity index (χ2n) is 7.27. The van der Waals surface area contributed by atoms with Crippen LogP contribution in [0.25, 0.3) is 22.6 Å². The molecule has 0 spiro atoms. The third kappa shape index (κ3) is 4.32. The lowest BCUT2D eigenvalue weighted by molar-refractivity contribution is 0.156. The number of aliphatic hydroxyl groups is 1. The molecular formula is C19H24N6O6S. The van der Waals surface area contributed by atoms with Crippen LogP contribution in [0.5, 0.6) is 11.5 Å². The maximum atomic E-state index is 11.7. The van der Waals surface area contributed by atoms with E-state index in [2.05, 4.69) is 34.2 Å². The smallest absolute Gasteiger partial charge is 0.335 e. The third-order valence-electron chi connectivity index (χ3n) is 5.33. The zero-order valence-corrected chi connectivity index (χ0v) is 18.5. The number of hydrogen-bond acceptors (Lipinski definition) is 10. The first kappa shape index (κ1) is 22.2. The van der Waals surface area contributed by atoms with E-state index in [1.54, 1.807) is 20.3 Å². The summed E-state index contributed by atoms with van der Waals surface area (Å²) in [7, 11) is 0.263. The number of rotatable bonds is 8. The average molecular weight is 465 g/mol. The number of benzene rings is 1. The fourth-order valence-corrected chi connectivity index (χ4v) is 4.55. The van der Waals surface area contributed by atoms with Crippen molar-refractivity contribution in [3.8, 4) is 22.9 Å². The highest BCUT2D eigenvalue weighted by Crippen LogP contribution is 2.37. The van der Waals surface area contributed by atoms with Gasteiger partial charge in [-0.25, -0.2) is 15.0 Å². The normalized spacial score (nSPS) is 21.1. The van der Waals surface area contributed by atoms with Crippen molar-refractivity contribution < 1.29 is 27.2 Å². The standard InChI is InChI=1S/C19H24N6O6S/c1-29-14-6-4-5-11(16(14)30-2)17-23-15-18(20-9-21-19(15)24-17)22-10-7-12(13(26)8-10)25-32(27,28)31-3/h4-6,9-10,12-13,25-26H,7-8H2,1-3H3,(H2,20,21,22,23,24)/t10-,12+,13+/m1/s1. The number of aromatic amines is 1. The molecule has 0 bridgehead atoms. The Morgan fingerprint density at radius 3 is 2.69 bits per heavy atom. The van der Waals surface area contributed by atoms with E-state index in [0.29, 0.717) is 52.7 Å². The van der Waals surface area contributed by atoms with Crippen LogP contribution in [0.1, 0.15) is 12.8 Å². The van der Waals surface area contributed by atoms with Crippen molar-refractivity contribution in [2.24, 2.45) is 0 Å². The monoisotopic (exact) mass is 464 g/mol. The molecule has 1 aliphatic rings. The topological polar surface area (TPSA) is 161 Å². The number of hydrogen-bond donors (Lipinski definition) is 4. The number of methoxy groups -OCH3 is 2. The molecule has 1 fully saturated rings. The van der Waals surface area contributed by atoms with Gasteiger partial charge in [-0.05, 0) is 25.0 Å². The Kier molecular flexibility index (Phi) is 6.15. The SMILES string of the molecule is COc1cccc(-c2nc3ncnc(N[C@@H]4C[C@H](NS(=O)(=O)OC)[C@@H](O)C4)c3[nH]2)c1OC. The van der Waals surface area contributed by atoms with Gasteiger partial charge in [-0.1, -0.05) is 6.07 Å². The molecule has 2 heterocycles. The fourth-order valence-electron chi connectivity index (χ4n) is 3.83. The lowest BCUT2D eigenvalue weighted by Crippen LogP contribution is -2.40. The third-order valence-corrected chi connectivity index (χ3v) is 6.36. The van der Waals surface area contributed by atoms with Crippen LogP contribution in [0.15, 0.2) is 24.5 Å². The predicted molar refractivity (Wildman–Crippen MR) is 116 cm³/mol. The molecular weight excluding hydrogens is 440 g/mol.